The summed E-state index contributed by atoms with van der Waals surface area (Å²) in [5, 5.41) is 0. The third kappa shape index (κ3) is 4.10. The molecule has 1 atom stereocenters. The number of carbonyl (C=O) groups is 1. The molecule has 1 heterocycles. The number of allylic oxidation sites excluding steroid dienone is 2. The van der Waals surface area contributed by atoms with Crippen LogP contribution >= 0.6 is 0 Å². The van der Waals surface area contributed by atoms with Crippen LogP contribution in [-0.2, 0) is 11.3 Å². The summed E-state index contributed by atoms with van der Waals surface area (Å²) in [5.74, 6) is 0.167. The Kier molecular flexibility index (Phi) is 5.25. The van der Waals surface area contributed by atoms with Crippen molar-refractivity contribution >= 4 is 5.91 Å². The van der Waals surface area contributed by atoms with E-state index in [0.29, 0.717) is 6.54 Å². The van der Waals surface area contributed by atoms with Crippen molar-refractivity contribution in [1.82, 2.24) is 4.90 Å². The smallest absolute Gasteiger partial charge is 0.230 e. The van der Waals surface area contributed by atoms with Crippen LogP contribution in [0.15, 0.2) is 72.8 Å². The van der Waals surface area contributed by atoms with Gasteiger partial charge in [0.25, 0.3) is 0 Å². The van der Waals surface area contributed by atoms with Gasteiger partial charge in [-0.2, -0.15) is 0 Å². The van der Waals surface area contributed by atoms with Gasteiger partial charge in [-0.15, -0.1) is 0 Å². The zero-order valence-electron chi connectivity index (χ0n) is 13.4. The topological polar surface area (TPSA) is 20.3 Å². The first kappa shape index (κ1) is 15.5. The number of amides is 1. The van der Waals surface area contributed by atoms with Gasteiger partial charge in [0.15, 0.2) is 0 Å². The largest absolute Gasteiger partial charge is 0.338 e. The number of hydrogen-bond acceptors (Lipinski definition) is 1. The summed E-state index contributed by atoms with van der Waals surface area (Å²) in [6.07, 6.45) is 7.24. The first-order valence-electron chi connectivity index (χ1n) is 8.37. The SMILES string of the molecule is O=C1[C@H](c2ccccc2)C/C=C/CCCN1Cc1ccccc1. The Morgan fingerprint density at radius 3 is 2.35 bits per heavy atom. The molecule has 0 aromatic heterocycles. The first-order valence-corrected chi connectivity index (χ1v) is 8.37. The second-order valence-electron chi connectivity index (χ2n) is 6.06. The van der Waals surface area contributed by atoms with E-state index in [-0.39, 0.29) is 11.8 Å². The van der Waals surface area contributed by atoms with Crippen LogP contribution in [0.5, 0.6) is 0 Å². The summed E-state index contributed by atoms with van der Waals surface area (Å²) >= 11 is 0. The van der Waals surface area contributed by atoms with Crippen molar-refractivity contribution in [3.05, 3.63) is 83.9 Å². The highest BCUT2D eigenvalue weighted by molar-refractivity contribution is 5.84. The molecule has 0 unspecified atom stereocenters. The van der Waals surface area contributed by atoms with Gasteiger partial charge in [0.2, 0.25) is 5.91 Å². The Bertz CT molecular complexity index is 648. The third-order valence-electron chi connectivity index (χ3n) is 4.37. The fourth-order valence-electron chi connectivity index (χ4n) is 3.11. The average molecular weight is 305 g/mol. The van der Waals surface area contributed by atoms with Crippen LogP contribution in [-0.4, -0.2) is 17.4 Å². The molecular weight excluding hydrogens is 282 g/mol. The van der Waals surface area contributed by atoms with Crippen molar-refractivity contribution in [1.29, 1.82) is 0 Å². The van der Waals surface area contributed by atoms with Crippen LogP contribution in [0.1, 0.15) is 36.3 Å². The molecule has 0 bridgehead atoms. The van der Waals surface area contributed by atoms with Gasteiger partial charge in [0.1, 0.15) is 0 Å². The molecule has 0 saturated heterocycles. The summed E-state index contributed by atoms with van der Waals surface area (Å²) < 4.78 is 0. The number of nitrogens with zero attached hydrogens (tertiary/aromatic N) is 1. The Morgan fingerprint density at radius 1 is 0.913 bits per heavy atom. The zero-order chi connectivity index (χ0) is 15.9. The van der Waals surface area contributed by atoms with Crippen LogP contribution in [0.3, 0.4) is 0 Å². The van der Waals surface area contributed by atoms with E-state index in [1.54, 1.807) is 0 Å². The molecule has 1 amide bonds. The Balaban J connectivity index is 1.84. The lowest BCUT2D eigenvalue weighted by atomic mass is 9.94. The summed E-state index contributed by atoms with van der Waals surface area (Å²) in [7, 11) is 0. The molecule has 0 radical (unpaired) electrons. The lowest BCUT2D eigenvalue weighted by Gasteiger charge is -2.27. The minimum absolute atomic E-state index is 0.0748. The standard InChI is InChI=1S/C21H23NO/c23-21-20(19-13-7-4-8-14-19)15-9-1-2-10-16-22(21)17-18-11-5-3-6-12-18/h1,3-9,11-14,20H,2,10,15-17H2/b9-1+/t20-/m0/s1. The van der Waals surface area contributed by atoms with Gasteiger partial charge in [-0.3, -0.25) is 4.79 Å². The molecule has 3 rings (SSSR count). The van der Waals surface area contributed by atoms with Gasteiger partial charge in [-0.1, -0.05) is 72.8 Å². The van der Waals surface area contributed by atoms with Crippen molar-refractivity contribution < 1.29 is 4.79 Å². The maximum Gasteiger partial charge on any atom is 0.230 e. The monoisotopic (exact) mass is 305 g/mol. The molecule has 0 saturated carbocycles. The average Bonchev–Trinajstić information content (AvgIpc) is 2.69. The quantitative estimate of drug-likeness (QED) is 0.762. The predicted octanol–water partition coefficient (Wildman–Crippen LogP) is 4.54. The molecule has 2 nitrogen and oxygen atoms in total. The van der Waals surface area contributed by atoms with Gasteiger partial charge in [-0.05, 0) is 30.4 Å². The van der Waals surface area contributed by atoms with Crippen LogP contribution in [0, 0.1) is 0 Å². The van der Waals surface area contributed by atoms with Gasteiger partial charge in [-0.25, -0.2) is 0 Å². The van der Waals surface area contributed by atoms with E-state index in [2.05, 4.69) is 36.4 Å². The second kappa shape index (κ2) is 7.77. The first-order chi connectivity index (χ1) is 11.3. The van der Waals surface area contributed by atoms with Crippen LogP contribution in [0.25, 0.3) is 0 Å². The van der Waals surface area contributed by atoms with Gasteiger partial charge in [0, 0.05) is 13.1 Å². The van der Waals surface area contributed by atoms with Crippen molar-refractivity contribution in [3.8, 4) is 0 Å². The molecule has 118 valence electrons. The Morgan fingerprint density at radius 2 is 1.61 bits per heavy atom. The molecule has 2 aromatic rings. The van der Waals surface area contributed by atoms with E-state index in [9.17, 15) is 4.79 Å². The highest BCUT2D eigenvalue weighted by Gasteiger charge is 2.25. The molecule has 1 aliphatic heterocycles. The van der Waals surface area contributed by atoms with Gasteiger partial charge >= 0.3 is 0 Å². The third-order valence-corrected chi connectivity index (χ3v) is 4.37. The molecule has 0 fully saturated rings. The van der Waals surface area contributed by atoms with E-state index in [1.165, 1.54) is 5.56 Å². The van der Waals surface area contributed by atoms with Gasteiger partial charge < -0.3 is 4.90 Å². The lowest BCUT2D eigenvalue weighted by Crippen LogP contribution is -2.35. The Hall–Kier alpha value is -2.35. The summed E-state index contributed by atoms with van der Waals surface area (Å²) in [6.45, 7) is 1.52. The van der Waals surface area contributed by atoms with Crippen molar-refractivity contribution in [2.45, 2.75) is 31.7 Å². The summed E-state index contributed by atoms with van der Waals surface area (Å²) in [4.78, 5) is 15.2. The second-order valence-corrected chi connectivity index (χ2v) is 6.06. The predicted molar refractivity (Wildman–Crippen MR) is 94.0 cm³/mol. The van der Waals surface area contributed by atoms with Crippen molar-refractivity contribution in [2.75, 3.05) is 6.54 Å². The van der Waals surface area contributed by atoms with E-state index >= 15 is 0 Å². The fraction of sp³-hybridized carbons (Fsp3) is 0.286. The Labute approximate surface area is 138 Å². The summed E-state index contributed by atoms with van der Waals surface area (Å²) in [5.41, 5.74) is 2.31. The minimum atomic E-state index is -0.0748. The molecule has 2 aromatic carbocycles. The van der Waals surface area contributed by atoms with Crippen molar-refractivity contribution in [2.24, 2.45) is 0 Å². The lowest BCUT2D eigenvalue weighted by molar-refractivity contribution is -0.133. The molecule has 0 N–H and O–H groups in total. The molecular formula is C21H23NO. The normalized spacial score (nSPS) is 20.4. The zero-order valence-corrected chi connectivity index (χ0v) is 13.4. The van der Waals surface area contributed by atoms with Crippen molar-refractivity contribution in [3.63, 3.8) is 0 Å². The summed E-state index contributed by atoms with van der Waals surface area (Å²) in [6, 6.07) is 20.4. The maximum absolute atomic E-state index is 13.1. The maximum atomic E-state index is 13.1. The molecule has 2 heteroatoms. The van der Waals surface area contributed by atoms with E-state index in [1.807, 2.05) is 41.3 Å². The fourth-order valence-corrected chi connectivity index (χ4v) is 3.11. The highest BCUT2D eigenvalue weighted by atomic mass is 16.2. The van der Waals surface area contributed by atoms with Crippen LogP contribution in [0.2, 0.25) is 0 Å². The number of rotatable bonds is 3. The minimum Gasteiger partial charge on any atom is -0.338 e. The molecule has 23 heavy (non-hydrogen) atoms. The van der Waals surface area contributed by atoms with Crippen LogP contribution < -0.4 is 0 Å². The highest BCUT2D eigenvalue weighted by Crippen LogP contribution is 2.25. The molecule has 0 aliphatic carbocycles. The number of hydrogen-bond donors (Lipinski definition) is 0. The molecule has 0 spiro atoms. The van der Waals surface area contributed by atoms with E-state index < -0.39 is 0 Å². The number of carbonyl (C=O) groups excluding carboxylic acids is 1. The van der Waals surface area contributed by atoms with Gasteiger partial charge in [0.05, 0.1) is 5.92 Å². The van der Waals surface area contributed by atoms with Crippen LogP contribution in [0.4, 0.5) is 0 Å². The number of benzene rings is 2. The molecule has 1 aliphatic rings. The van der Waals surface area contributed by atoms with E-state index in [0.717, 1.165) is 31.4 Å². The van der Waals surface area contributed by atoms with E-state index in [4.69, 9.17) is 0 Å².